The quantitative estimate of drug-likeness (QED) is 0.0482. The summed E-state index contributed by atoms with van der Waals surface area (Å²) in [6.45, 7) is 3.81. The van der Waals surface area contributed by atoms with Crippen LogP contribution in [-0.4, -0.2) is 36.4 Å². The van der Waals surface area contributed by atoms with Gasteiger partial charge in [0.2, 0.25) is 0 Å². The molecule has 1 N–H and O–H groups in total. The third kappa shape index (κ3) is 33.7. The van der Waals surface area contributed by atoms with Crippen molar-refractivity contribution in [1.29, 1.82) is 0 Å². The molecular formula is C41H64O5. The van der Waals surface area contributed by atoms with E-state index in [9.17, 15) is 14.7 Å². The Bertz CT molecular complexity index is 948. The van der Waals surface area contributed by atoms with Crippen molar-refractivity contribution in [3.8, 4) is 0 Å². The molecule has 0 saturated carbocycles. The number of hydrogen-bond acceptors (Lipinski definition) is 5. The summed E-state index contributed by atoms with van der Waals surface area (Å²) >= 11 is 0. The van der Waals surface area contributed by atoms with Crippen molar-refractivity contribution in [3.63, 3.8) is 0 Å². The zero-order valence-electron chi connectivity index (χ0n) is 29.0. The van der Waals surface area contributed by atoms with Gasteiger partial charge < -0.3 is 14.6 Å². The van der Waals surface area contributed by atoms with Gasteiger partial charge in [-0.25, -0.2) is 0 Å². The molecule has 0 aromatic heterocycles. The van der Waals surface area contributed by atoms with E-state index in [0.717, 1.165) is 96.3 Å². The lowest BCUT2D eigenvalue weighted by Gasteiger charge is -2.15. The van der Waals surface area contributed by atoms with Crippen LogP contribution in [0.3, 0.4) is 0 Å². The largest absolute Gasteiger partial charge is 0.462 e. The molecule has 0 aliphatic carbocycles. The number of allylic oxidation sites excluding steroid dienone is 16. The van der Waals surface area contributed by atoms with E-state index in [-0.39, 0.29) is 25.2 Å². The monoisotopic (exact) mass is 636 g/mol. The molecule has 0 aliphatic heterocycles. The number of unbranched alkanes of at least 4 members (excludes halogenated alkanes) is 6. The van der Waals surface area contributed by atoms with Crippen molar-refractivity contribution in [2.24, 2.45) is 0 Å². The first kappa shape index (κ1) is 42.8. The molecule has 0 spiro atoms. The maximum Gasteiger partial charge on any atom is 0.306 e. The van der Waals surface area contributed by atoms with E-state index in [2.05, 4.69) is 111 Å². The zero-order valence-corrected chi connectivity index (χ0v) is 29.0. The van der Waals surface area contributed by atoms with E-state index in [1.165, 1.54) is 0 Å². The highest BCUT2D eigenvalue weighted by Gasteiger charge is 2.15. The smallest absolute Gasteiger partial charge is 0.306 e. The Labute approximate surface area is 281 Å². The van der Waals surface area contributed by atoms with Gasteiger partial charge in [0.25, 0.3) is 0 Å². The molecule has 0 aromatic rings. The standard InChI is InChI=1S/C41H64O5/c1-3-5-7-9-11-13-15-17-19-20-22-23-25-27-29-31-33-35-40(43)45-38-39(37-42)46-41(44)36-34-32-30-28-26-24-21-18-16-14-12-10-8-6-4-2/h5-8,11-14,17-19,21-23,27,29,39,42H,3-4,9-10,15-16,20,24-26,28,30-38H2,1-2H3/t39-/m0/s1. The maximum atomic E-state index is 12.1. The summed E-state index contributed by atoms with van der Waals surface area (Å²) in [7, 11) is 0. The molecule has 0 amide bonds. The molecule has 5 heteroatoms. The van der Waals surface area contributed by atoms with Crippen molar-refractivity contribution >= 4 is 11.9 Å². The second kappa shape index (κ2) is 36.3. The highest BCUT2D eigenvalue weighted by atomic mass is 16.6. The second-order valence-electron chi connectivity index (χ2n) is 11.2. The van der Waals surface area contributed by atoms with E-state index < -0.39 is 6.10 Å². The van der Waals surface area contributed by atoms with Crippen LogP contribution in [0.4, 0.5) is 0 Å². The van der Waals surface area contributed by atoms with E-state index in [1.54, 1.807) is 0 Å². The van der Waals surface area contributed by atoms with Crippen LogP contribution in [-0.2, 0) is 19.1 Å². The van der Waals surface area contributed by atoms with Gasteiger partial charge in [-0.15, -0.1) is 0 Å². The fourth-order valence-electron chi connectivity index (χ4n) is 4.25. The number of hydrogen-bond donors (Lipinski definition) is 1. The molecule has 0 radical (unpaired) electrons. The van der Waals surface area contributed by atoms with Gasteiger partial charge >= 0.3 is 11.9 Å². The first-order valence-electron chi connectivity index (χ1n) is 17.8. The minimum Gasteiger partial charge on any atom is -0.462 e. The van der Waals surface area contributed by atoms with Crippen LogP contribution in [0.5, 0.6) is 0 Å². The molecule has 0 rings (SSSR count). The van der Waals surface area contributed by atoms with Gasteiger partial charge in [-0.1, -0.05) is 130 Å². The summed E-state index contributed by atoms with van der Waals surface area (Å²) in [5, 5.41) is 9.52. The average Bonchev–Trinajstić information content (AvgIpc) is 3.06. The van der Waals surface area contributed by atoms with E-state index in [0.29, 0.717) is 19.3 Å². The number of esters is 2. The predicted octanol–water partition coefficient (Wildman–Crippen LogP) is 10.9. The van der Waals surface area contributed by atoms with Gasteiger partial charge in [0.05, 0.1) is 6.61 Å². The molecule has 0 bridgehead atoms. The molecular weight excluding hydrogens is 572 g/mol. The molecule has 0 saturated heterocycles. The molecule has 258 valence electrons. The fraction of sp³-hybridized carbons (Fsp3) is 0.561. The summed E-state index contributed by atoms with van der Waals surface area (Å²) in [5.74, 6) is -0.692. The third-order valence-corrected chi connectivity index (χ3v) is 6.87. The molecule has 0 fully saturated rings. The first-order chi connectivity index (χ1) is 22.6. The van der Waals surface area contributed by atoms with Crippen LogP contribution in [0.2, 0.25) is 0 Å². The fourth-order valence-corrected chi connectivity index (χ4v) is 4.25. The second-order valence-corrected chi connectivity index (χ2v) is 11.2. The minimum atomic E-state index is -0.808. The molecule has 0 aromatic carbocycles. The first-order valence-corrected chi connectivity index (χ1v) is 17.8. The molecule has 0 unspecified atom stereocenters. The topological polar surface area (TPSA) is 72.8 Å². The molecule has 0 aliphatic rings. The van der Waals surface area contributed by atoms with Gasteiger partial charge in [0.15, 0.2) is 6.10 Å². The Morgan fingerprint density at radius 2 is 0.891 bits per heavy atom. The van der Waals surface area contributed by atoms with Crippen molar-refractivity contribution in [3.05, 3.63) is 97.2 Å². The predicted molar refractivity (Wildman–Crippen MR) is 195 cm³/mol. The molecule has 46 heavy (non-hydrogen) atoms. The number of aliphatic hydroxyl groups excluding tert-OH is 1. The SMILES string of the molecule is CCC=CCC=CCC=CCC=CCC=CCCCC(=O)OC[C@H](CO)OC(=O)CCCCCCCC=CCC=CCC=CCC. The lowest BCUT2D eigenvalue weighted by Crippen LogP contribution is -2.28. The van der Waals surface area contributed by atoms with Crippen molar-refractivity contribution in [1.82, 2.24) is 0 Å². The Morgan fingerprint density at radius 1 is 0.500 bits per heavy atom. The van der Waals surface area contributed by atoms with Crippen molar-refractivity contribution in [2.45, 2.75) is 136 Å². The van der Waals surface area contributed by atoms with E-state index >= 15 is 0 Å². The van der Waals surface area contributed by atoms with E-state index in [1.807, 2.05) is 0 Å². The lowest BCUT2D eigenvalue weighted by atomic mass is 10.1. The zero-order chi connectivity index (χ0) is 33.6. The van der Waals surface area contributed by atoms with E-state index in [4.69, 9.17) is 9.47 Å². The van der Waals surface area contributed by atoms with Crippen LogP contribution in [0.1, 0.15) is 129 Å². The Morgan fingerprint density at radius 3 is 1.37 bits per heavy atom. The summed E-state index contributed by atoms with van der Waals surface area (Å²) in [5.41, 5.74) is 0. The number of carbonyl (C=O) groups is 2. The summed E-state index contributed by atoms with van der Waals surface area (Å²) < 4.78 is 10.5. The third-order valence-electron chi connectivity index (χ3n) is 6.87. The summed E-state index contributed by atoms with van der Waals surface area (Å²) in [4.78, 5) is 24.2. The van der Waals surface area contributed by atoms with Crippen molar-refractivity contribution < 1.29 is 24.2 Å². The summed E-state index contributed by atoms with van der Waals surface area (Å²) in [6, 6.07) is 0. The van der Waals surface area contributed by atoms with Gasteiger partial charge in [-0.2, -0.15) is 0 Å². The van der Waals surface area contributed by atoms with Gasteiger partial charge in [-0.3, -0.25) is 9.59 Å². The van der Waals surface area contributed by atoms with Crippen molar-refractivity contribution in [2.75, 3.05) is 13.2 Å². The minimum absolute atomic E-state index is 0.109. The van der Waals surface area contributed by atoms with Gasteiger partial charge in [0, 0.05) is 12.8 Å². The van der Waals surface area contributed by atoms with Crippen LogP contribution >= 0.6 is 0 Å². The van der Waals surface area contributed by atoms with Crippen LogP contribution in [0, 0.1) is 0 Å². The average molecular weight is 637 g/mol. The lowest BCUT2D eigenvalue weighted by molar-refractivity contribution is -0.161. The Kier molecular flexibility index (Phi) is 33.8. The Balaban J connectivity index is 3.75. The highest BCUT2D eigenvalue weighted by molar-refractivity contribution is 5.70. The molecule has 0 heterocycles. The van der Waals surface area contributed by atoms with Gasteiger partial charge in [0.1, 0.15) is 6.61 Å². The number of carbonyl (C=O) groups excluding carboxylic acids is 2. The Hall–Kier alpha value is -3.18. The molecule has 5 nitrogen and oxygen atoms in total. The molecule has 1 atom stereocenters. The van der Waals surface area contributed by atoms with Crippen LogP contribution < -0.4 is 0 Å². The normalized spacial score (nSPS) is 13.4. The van der Waals surface area contributed by atoms with Gasteiger partial charge in [-0.05, 0) is 83.5 Å². The van der Waals surface area contributed by atoms with Crippen LogP contribution in [0.25, 0.3) is 0 Å². The number of ether oxygens (including phenoxy) is 2. The number of aliphatic hydroxyl groups is 1. The maximum absolute atomic E-state index is 12.1. The van der Waals surface area contributed by atoms with Crippen LogP contribution in [0.15, 0.2) is 97.2 Å². The summed E-state index contributed by atoms with van der Waals surface area (Å²) in [6.07, 6.45) is 50.3. The number of rotatable bonds is 30. The highest BCUT2D eigenvalue weighted by Crippen LogP contribution is 2.10.